The number of ketones is 1. The highest BCUT2D eigenvalue weighted by Crippen LogP contribution is 2.19. The summed E-state index contributed by atoms with van der Waals surface area (Å²) < 4.78 is 5.64. The Balaban J connectivity index is 1.69. The van der Waals surface area contributed by atoms with E-state index in [9.17, 15) is 14.7 Å². The van der Waals surface area contributed by atoms with Crippen molar-refractivity contribution in [1.29, 1.82) is 0 Å². The third kappa shape index (κ3) is 7.16. The quantitative estimate of drug-likeness (QED) is 0.493. The standard InChI is InChI=1S/C21H31NO4/c1-2-3-4-15-26-19-11-5-16(6-12-19)20(24)13-14-21(25)22-17-7-9-18(23)10-8-17/h5-6,11-12,17-18,23H,2-4,7-10,13-15H2,1H3,(H,22,25). The van der Waals surface area contributed by atoms with E-state index < -0.39 is 0 Å². The number of aliphatic hydroxyl groups excluding tert-OH is 1. The van der Waals surface area contributed by atoms with Crippen LogP contribution in [0.5, 0.6) is 5.75 Å². The number of benzene rings is 1. The van der Waals surface area contributed by atoms with Crippen LogP contribution in [-0.4, -0.2) is 35.5 Å². The van der Waals surface area contributed by atoms with Crippen LogP contribution in [0.25, 0.3) is 0 Å². The SMILES string of the molecule is CCCCCOc1ccc(C(=O)CCC(=O)NC2CCC(O)CC2)cc1. The van der Waals surface area contributed by atoms with Crippen LogP contribution >= 0.6 is 0 Å². The van der Waals surface area contributed by atoms with Gasteiger partial charge >= 0.3 is 0 Å². The molecule has 1 saturated carbocycles. The summed E-state index contributed by atoms with van der Waals surface area (Å²) in [6, 6.07) is 7.28. The Morgan fingerprint density at radius 2 is 1.77 bits per heavy atom. The van der Waals surface area contributed by atoms with Crippen molar-refractivity contribution in [3.05, 3.63) is 29.8 Å². The lowest BCUT2D eigenvalue weighted by Crippen LogP contribution is -2.38. The van der Waals surface area contributed by atoms with Gasteiger partial charge in [0.25, 0.3) is 0 Å². The molecule has 26 heavy (non-hydrogen) atoms. The van der Waals surface area contributed by atoms with Crippen LogP contribution in [0.3, 0.4) is 0 Å². The number of hydrogen-bond donors (Lipinski definition) is 2. The molecule has 0 aromatic heterocycles. The fraction of sp³-hybridized carbons (Fsp3) is 0.619. The highest BCUT2D eigenvalue weighted by Gasteiger charge is 2.21. The van der Waals surface area contributed by atoms with E-state index >= 15 is 0 Å². The van der Waals surface area contributed by atoms with Crippen LogP contribution in [0.2, 0.25) is 0 Å². The number of Topliss-reactive ketones (excluding diaryl/α,β-unsaturated/α-hetero) is 1. The number of nitrogens with one attached hydrogen (secondary N) is 1. The molecule has 0 bridgehead atoms. The molecule has 5 nitrogen and oxygen atoms in total. The number of amides is 1. The summed E-state index contributed by atoms with van der Waals surface area (Å²) in [6.07, 6.45) is 6.60. The van der Waals surface area contributed by atoms with E-state index in [0.29, 0.717) is 12.2 Å². The van der Waals surface area contributed by atoms with E-state index in [1.165, 1.54) is 0 Å². The van der Waals surface area contributed by atoms with Gasteiger partial charge in [0, 0.05) is 24.4 Å². The van der Waals surface area contributed by atoms with Crippen molar-refractivity contribution in [3.63, 3.8) is 0 Å². The van der Waals surface area contributed by atoms with Gasteiger partial charge in [0.2, 0.25) is 5.91 Å². The van der Waals surface area contributed by atoms with Crippen LogP contribution < -0.4 is 10.1 Å². The van der Waals surface area contributed by atoms with E-state index in [4.69, 9.17) is 4.74 Å². The van der Waals surface area contributed by atoms with Crippen LogP contribution in [0.15, 0.2) is 24.3 Å². The minimum atomic E-state index is -0.233. The van der Waals surface area contributed by atoms with Gasteiger partial charge in [0.15, 0.2) is 5.78 Å². The Hall–Kier alpha value is -1.88. The molecule has 0 aliphatic heterocycles. The summed E-state index contributed by atoms with van der Waals surface area (Å²) in [5, 5.41) is 12.5. The molecule has 0 atom stereocenters. The van der Waals surface area contributed by atoms with E-state index in [0.717, 1.165) is 50.7 Å². The molecular formula is C21H31NO4. The van der Waals surface area contributed by atoms with Crippen molar-refractivity contribution in [3.8, 4) is 5.75 Å². The number of aliphatic hydroxyl groups is 1. The molecule has 144 valence electrons. The smallest absolute Gasteiger partial charge is 0.220 e. The van der Waals surface area contributed by atoms with Crippen LogP contribution in [0.4, 0.5) is 0 Å². The Kier molecular flexibility index (Phi) is 8.62. The molecule has 2 N–H and O–H groups in total. The average molecular weight is 361 g/mol. The zero-order valence-electron chi connectivity index (χ0n) is 15.7. The maximum atomic E-state index is 12.2. The number of carbonyl (C=O) groups excluding carboxylic acids is 2. The minimum Gasteiger partial charge on any atom is -0.494 e. The second-order valence-corrected chi connectivity index (χ2v) is 7.08. The van der Waals surface area contributed by atoms with Crippen molar-refractivity contribution in [2.24, 2.45) is 0 Å². The second kappa shape index (κ2) is 11.0. The topological polar surface area (TPSA) is 75.6 Å². The lowest BCUT2D eigenvalue weighted by Gasteiger charge is -2.26. The van der Waals surface area contributed by atoms with Gasteiger partial charge in [-0.05, 0) is 56.4 Å². The molecule has 1 aliphatic rings. The first-order chi connectivity index (χ1) is 12.6. The largest absolute Gasteiger partial charge is 0.494 e. The van der Waals surface area contributed by atoms with E-state index in [1.807, 2.05) is 12.1 Å². The molecule has 1 amide bonds. The summed E-state index contributed by atoms with van der Waals surface area (Å²) in [5.74, 6) is 0.655. The maximum Gasteiger partial charge on any atom is 0.220 e. The van der Waals surface area contributed by atoms with Crippen LogP contribution in [0.1, 0.15) is 75.1 Å². The van der Waals surface area contributed by atoms with Gasteiger partial charge < -0.3 is 15.2 Å². The van der Waals surface area contributed by atoms with Crippen molar-refractivity contribution in [1.82, 2.24) is 5.32 Å². The maximum absolute atomic E-state index is 12.2. The molecule has 1 aromatic rings. The number of hydrogen-bond acceptors (Lipinski definition) is 4. The number of rotatable bonds is 10. The molecule has 0 heterocycles. The van der Waals surface area contributed by atoms with Gasteiger partial charge in [-0.15, -0.1) is 0 Å². The molecular weight excluding hydrogens is 330 g/mol. The highest BCUT2D eigenvalue weighted by atomic mass is 16.5. The Morgan fingerprint density at radius 1 is 1.08 bits per heavy atom. The van der Waals surface area contributed by atoms with Crippen molar-refractivity contribution in [2.45, 2.75) is 76.9 Å². The number of unbranched alkanes of at least 4 members (excludes halogenated alkanes) is 2. The molecule has 0 radical (unpaired) electrons. The number of ether oxygens (including phenoxy) is 1. The van der Waals surface area contributed by atoms with Gasteiger partial charge in [-0.1, -0.05) is 19.8 Å². The number of carbonyl (C=O) groups is 2. The Morgan fingerprint density at radius 3 is 2.42 bits per heavy atom. The first-order valence-corrected chi connectivity index (χ1v) is 9.82. The molecule has 1 aromatic carbocycles. The van der Waals surface area contributed by atoms with Gasteiger partial charge in [-0.25, -0.2) is 0 Å². The van der Waals surface area contributed by atoms with Gasteiger partial charge in [0.1, 0.15) is 5.75 Å². The normalized spacial score (nSPS) is 19.8. The van der Waals surface area contributed by atoms with Crippen molar-refractivity contribution >= 4 is 11.7 Å². The van der Waals surface area contributed by atoms with Crippen molar-refractivity contribution in [2.75, 3.05) is 6.61 Å². The van der Waals surface area contributed by atoms with Crippen LogP contribution in [-0.2, 0) is 4.79 Å². The summed E-state index contributed by atoms with van der Waals surface area (Å²) >= 11 is 0. The third-order valence-electron chi connectivity index (χ3n) is 4.83. The lowest BCUT2D eigenvalue weighted by atomic mass is 9.93. The average Bonchev–Trinajstić information content (AvgIpc) is 2.66. The monoisotopic (exact) mass is 361 g/mol. The first kappa shape index (κ1) is 20.4. The summed E-state index contributed by atoms with van der Waals surface area (Å²) in [5.41, 5.74) is 0.611. The molecule has 1 fully saturated rings. The second-order valence-electron chi connectivity index (χ2n) is 7.08. The fourth-order valence-corrected chi connectivity index (χ4v) is 3.17. The predicted octanol–water partition coefficient (Wildman–Crippen LogP) is 3.64. The van der Waals surface area contributed by atoms with E-state index in [2.05, 4.69) is 12.2 Å². The molecule has 1 aliphatic carbocycles. The molecule has 0 saturated heterocycles. The van der Waals surface area contributed by atoms with Gasteiger partial charge in [0.05, 0.1) is 12.7 Å². The Labute approximate surface area is 156 Å². The molecule has 0 spiro atoms. The predicted molar refractivity (Wildman–Crippen MR) is 101 cm³/mol. The zero-order chi connectivity index (χ0) is 18.8. The summed E-state index contributed by atoms with van der Waals surface area (Å²) in [4.78, 5) is 24.2. The van der Waals surface area contributed by atoms with Crippen LogP contribution in [0, 0.1) is 0 Å². The third-order valence-corrected chi connectivity index (χ3v) is 4.83. The van der Waals surface area contributed by atoms with E-state index in [1.54, 1.807) is 12.1 Å². The van der Waals surface area contributed by atoms with Crippen molar-refractivity contribution < 1.29 is 19.4 Å². The van der Waals surface area contributed by atoms with Gasteiger partial charge in [-0.3, -0.25) is 9.59 Å². The van der Waals surface area contributed by atoms with Gasteiger partial charge in [-0.2, -0.15) is 0 Å². The minimum absolute atomic E-state index is 0.0308. The first-order valence-electron chi connectivity index (χ1n) is 9.82. The zero-order valence-corrected chi connectivity index (χ0v) is 15.7. The fourth-order valence-electron chi connectivity index (χ4n) is 3.17. The highest BCUT2D eigenvalue weighted by molar-refractivity contribution is 5.98. The summed E-state index contributed by atoms with van der Waals surface area (Å²) in [7, 11) is 0. The molecule has 5 heteroatoms. The lowest BCUT2D eigenvalue weighted by molar-refractivity contribution is -0.122. The Bertz CT molecular complexity index is 562. The molecule has 0 unspecified atom stereocenters. The van der Waals surface area contributed by atoms with E-state index in [-0.39, 0.29) is 36.7 Å². The molecule has 2 rings (SSSR count). The summed E-state index contributed by atoms with van der Waals surface area (Å²) in [6.45, 7) is 2.85.